The van der Waals surface area contributed by atoms with Crippen LogP contribution in [0.5, 0.6) is 0 Å². The first kappa shape index (κ1) is 39.1. The molecule has 0 aromatic carbocycles. The Morgan fingerprint density at radius 1 is 0.269 bits per heavy atom. The third kappa shape index (κ3) is 12.0. The van der Waals surface area contributed by atoms with E-state index in [9.17, 15) is 0 Å². The maximum absolute atomic E-state index is 4.59. The van der Waals surface area contributed by atoms with Crippen LogP contribution >= 0.6 is 0 Å². The van der Waals surface area contributed by atoms with Gasteiger partial charge < -0.3 is 0 Å². The summed E-state index contributed by atoms with van der Waals surface area (Å²) in [5, 5.41) is 0. The fraction of sp³-hybridized carbons (Fsp3) is 0. The van der Waals surface area contributed by atoms with E-state index in [-0.39, 0.29) is 42.1 Å². The van der Waals surface area contributed by atoms with Gasteiger partial charge in [-0.25, -0.2) is 9.97 Å². The maximum Gasteiger partial charge on any atom is 0.0894 e. The molecule has 0 N–H and O–H groups in total. The molecule has 260 valence electrons. The molecule has 0 unspecified atom stereocenters. The summed E-state index contributed by atoms with van der Waals surface area (Å²) in [6, 6.07) is 42.8. The van der Waals surface area contributed by atoms with Crippen molar-refractivity contribution in [2.45, 2.75) is 0 Å². The van der Waals surface area contributed by atoms with E-state index in [0.717, 1.165) is 56.7 Å². The van der Waals surface area contributed by atoms with Crippen LogP contribution < -0.4 is 0 Å². The monoisotopic (exact) mass is 1040 g/mol. The van der Waals surface area contributed by atoms with Gasteiger partial charge in [-0.1, -0.05) is 48.6 Å². The molecular formula is C42H32N8Pt2. The molecule has 8 aromatic rings. The number of hydrogen-bond acceptors (Lipinski definition) is 8. The molecule has 8 heterocycles. The molecular weight excluding hydrogens is 1010 g/mol. The van der Waals surface area contributed by atoms with Crippen molar-refractivity contribution in [3.05, 3.63) is 194 Å². The second kappa shape index (κ2) is 21.5. The summed E-state index contributed by atoms with van der Waals surface area (Å²) < 4.78 is 0. The zero-order valence-corrected chi connectivity index (χ0v) is 32.2. The molecule has 8 rings (SSSR count). The molecule has 10 heteroatoms. The van der Waals surface area contributed by atoms with Crippen LogP contribution in [0.2, 0.25) is 0 Å². The zero-order chi connectivity index (χ0) is 34.1. The third-order valence-electron chi connectivity index (χ3n) is 7.09. The largest absolute Gasteiger partial charge is 0.265 e. The molecule has 0 aliphatic rings. The van der Waals surface area contributed by atoms with Gasteiger partial charge in [-0.3, -0.25) is 29.9 Å². The second-order valence-electron chi connectivity index (χ2n) is 10.6. The summed E-state index contributed by atoms with van der Waals surface area (Å²) in [5.74, 6) is 0. The van der Waals surface area contributed by atoms with Crippen molar-refractivity contribution < 1.29 is 42.1 Å². The molecule has 0 saturated heterocycles. The third-order valence-corrected chi connectivity index (χ3v) is 7.09. The van der Waals surface area contributed by atoms with Crippen LogP contribution in [0.25, 0.3) is 57.7 Å². The molecule has 0 amide bonds. The smallest absolute Gasteiger partial charge is 0.0894 e. The fourth-order valence-electron chi connectivity index (χ4n) is 4.64. The van der Waals surface area contributed by atoms with E-state index >= 15 is 0 Å². The van der Waals surface area contributed by atoms with E-state index in [1.165, 1.54) is 0 Å². The molecule has 0 radical (unpaired) electrons. The van der Waals surface area contributed by atoms with Gasteiger partial charge in [-0.05, 0) is 108 Å². The molecule has 0 atom stereocenters. The quantitative estimate of drug-likeness (QED) is 0.163. The van der Waals surface area contributed by atoms with Gasteiger partial charge in [0.2, 0.25) is 0 Å². The van der Waals surface area contributed by atoms with Gasteiger partial charge in [0.25, 0.3) is 0 Å². The summed E-state index contributed by atoms with van der Waals surface area (Å²) in [4.78, 5) is 34.3. The summed E-state index contributed by atoms with van der Waals surface area (Å²) in [7, 11) is 0. The Morgan fingerprint density at radius 3 is 0.788 bits per heavy atom. The topological polar surface area (TPSA) is 103 Å². The number of hydrogen-bond donors (Lipinski definition) is 0. The summed E-state index contributed by atoms with van der Waals surface area (Å²) in [6.45, 7) is 0. The number of rotatable bonds is 6. The first-order valence-electron chi connectivity index (χ1n) is 15.9. The van der Waals surface area contributed by atoms with Gasteiger partial charge in [-0.15, -0.1) is 0 Å². The Kier molecular flexibility index (Phi) is 16.2. The van der Waals surface area contributed by atoms with Crippen molar-refractivity contribution in [1.82, 2.24) is 39.9 Å². The van der Waals surface area contributed by atoms with Crippen LogP contribution in [0, 0.1) is 0 Å². The standard InChI is InChI=1S/2C15H11N3.C12H10N2.2Pt/c2*1-3-10-16-12(6-1)14-8-5-9-15(18-14)13-7-2-4-11-17-13;1(11-3-7-13-8-4-11)2-12-5-9-14-10-6-12;;/h2*1-11H;1-10H;;. The molecule has 8 aromatic heterocycles. The van der Waals surface area contributed by atoms with Crippen molar-refractivity contribution in [2.75, 3.05) is 0 Å². The van der Waals surface area contributed by atoms with Crippen LogP contribution in [-0.2, 0) is 42.1 Å². The predicted octanol–water partition coefficient (Wildman–Crippen LogP) is 9.05. The second-order valence-corrected chi connectivity index (χ2v) is 10.6. The van der Waals surface area contributed by atoms with Crippen molar-refractivity contribution >= 4 is 12.2 Å². The Hall–Kier alpha value is -5.68. The Bertz CT molecular complexity index is 1930. The average Bonchev–Trinajstić information content (AvgIpc) is 3.23. The number of aromatic nitrogens is 8. The van der Waals surface area contributed by atoms with E-state index in [1.807, 2.05) is 133 Å². The molecule has 0 aliphatic heterocycles. The minimum Gasteiger partial charge on any atom is -0.265 e. The zero-order valence-electron chi connectivity index (χ0n) is 27.7. The van der Waals surface area contributed by atoms with Gasteiger partial charge in [0, 0.05) is 91.7 Å². The van der Waals surface area contributed by atoms with Gasteiger partial charge in [0.1, 0.15) is 0 Å². The number of nitrogens with zero attached hydrogens (tertiary/aromatic N) is 8. The van der Waals surface area contributed by atoms with Crippen molar-refractivity contribution in [2.24, 2.45) is 0 Å². The Morgan fingerprint density at radius 2 is 0.538 bits per heavy atom. The maximum atomic E-state index is 4.59. The van der Waals surface area contributed by atoms with Gasteiger partial charge in [-0.2, -0.15) is 0 Å². The summed E-state index contributed by atoms with van der Waals surface area (Å²) in [5.41, 5.74) is 9.22. The van der Waals surface area contributed by atoms with E-state index in [2.05, 4.69) is 52.0 Å². The molecule has 0 spiro atoms. The van der Waals surface area contributed by atoms with Crippen LogP contribution in [0.4, 0.5) is 0 Å². The Balaban J connectivity index is 0.000000173. The van der Waals surface area contributed by atoms with E-state index in [0.29, 0.717) is 0 Å². The van der Waals surface area contributed by atoms with Crippen LogP contribution in [0.15, 0.2) is 183 Å². The summed E-state index contributed by atoms with van der Waals surface area (Å²) >= 11 is 0. The van der Waals surface area contributed by atoms with E-state index in [1.54, 1.807) is 49.6 Å². The van der Waals surface area contributed by atoms with E-state index in [4.69, 9.17) is 0 Å². The molecule has 8 nitrogen and oxygen atoms in total. The minimum atomic E-state index is 0. The van der Waals surface area contributed by atoms with E-state index < -0.39 is 0 Å². The fourth-order valence-corrected chi connectivity index (χ4v) is 4.64. The molecule has 0 saturated carbocycles. The molecule has 0 fully saturated rings. The average molecular weight is 1040 g/mol. The predicted molar refractivity (Wildman–Crippen MR) is 199 cm³/mol. The SMILES string of the molecule is C(=Cc1ccncc1)c1ccncc1.[Pt].[Pt].c1ccc(-c2cccc(-c3ccccn3)n2)nc1.c1ccc(-c2cccc(-c3ccccn3)n2)nc1. The van der Waals surface area contributed by atoms with Crippen molar-refractivity contribution in [3.63, 3.8) is 0 Å². The normalized spacial score (nSPS) is 9.92. The van der Waals surface area contributed by atoms with Crippen molar-refractivity contribution in [3.8, 4) is 45.6 Å². The van der Waals surface area contributed by atoms with Crippen LogP contribution in [0.3, 0.4) is 0 Å². The van der Waals surface area contributed by atoms with Crippen molar-refractivity contribution in [1.29, 1.82) is 0 Å². The summed E-state index contributed by atoms with van der Waals surface area (Å²) in [6.07, 6.45) is 18.3. The first-order valence-corrected chi connectivity index (χ1v) is 15.9. The molecule has 0 aliphatic carbocycles. The van der Waals surface area contributed by atoms with Gasteiger partial charge in [0.05, 0.1) is 45.6 Å². The Labute approximate surface area is 331 Å². The molecule has 0 bridgehead atoms. The minimum absolute atomic E-state index is 0. The van der Waals surface area contributed by atoms with Gasteiger partial charge in [0.15, 0.2) is 0 Å². The first-order chi connectivity index (χ1) is 24.8. The molecule has 52 heavy (non-hydrogen) atoms. The van der Waals surface area contributed by atoms with Crippen LogP contribution in [0.1, 0.15) is 11.1 Å². The van der Waals surface area contributed by atoms with Crippen LogP contribution in [-0.4, -0.2) is 39.9 Å². The number of pyridine rings is 8. The van der Waals surface area contributed by atoms with Gasteiger partial charge >= 0.3 is 0 Å².